The highest BCUT2D eigenvalue weighted by Gasteiger charge is 2.16. The molecule has 0 aliphatic heterocycles. The van der Waals surface area contributed by atoms with Crippen molar-refractivity contribution in [3.8, 4) is 0 Å². The van der Waals surface area contributed by atoms with Crippen molar-refractivity contribution >= 4 is 17.4 Å². The fraction of sp³-hybridized carbons (Fsp3) is 0.556. The maximum Gasteiger partial charge on any atom is 0.273 e. The molecule has 3 nitrogen and oxygen atoms in total. The average molecular weight is 198 g/mol. The van der Waals surface area contributed by atoms with Crippen LogP contribution in [0.3, 0.4) is 0 Å². The van der Waals surface area contributed by atoms with E-state index in [1.54, 1.807) is 11.9 Å². The van der Waals surface area contributed by atoms with Gasteiger partial charge in [-0.15, -0.1) is 0 Å². The summed E-state index contributed by atoms with van der Waals surface area (Å²) in [6.45, 7) is 5.91. The van der Waals surface area contributed by atoms with E-state index in [1.807, 2.05) is 26.8 Å². The molecule has 1 amide bonds. The first-order valence-corrected chi connectivity index (χ1v) is 5.00. The first-order valence-electron chi connectivity index (χ1n) is 4.23. The predicted molar refractivity (Wildman–Crippen MR) is 54.1 cm³/mol. The zero-order chi connectivity index (χ0) is 10.0. The second-order valence-corrected chi connectivity index (χ2v) is 4.34. The average Bonchev–Trinajstić information content (AvgIpc) is 2.49. The standard InChI is InChI=1S/C9H14N2OS/c1-6(2)11(4)9(12)8-5-7(3)13-10-8/h5-6H,1-4H3. The van der Waals surface area contributed by atoms with Crippen molar-refractivity contribution < 1.29 is 4.79 Å². The number of carbonyl (C=O) groups excluding carboxylic acids is 1. The van der Waals surface area contributed by atoms with Crippen molar-refractivity contribution in [1.82, 2.24) is 9.27 Å². The van der Waals surface area contributed by atoms with Crippen LogP contribution >= 0.6 is 11.5 Å². The summed E-state index contributed by atoms with van der Waals surface area (Å²) in [5, 5.41) is 0. The molecule has 4 heteroatoms. The van der Waals surface area contributed by atoms with Crippen LogP contribution in [0.5, 0.6) is 0 Å². The lowest BCUT2D eigenvalue weighted by atomic mass is 10.3. The number of nitrogens with zero attached hydrogens (tertiary/aromatic N) is 2. The lowest BCUT2D eigenvalue weighted by Gasteiger charge is -2.19. The number of hydrogen-bond acceptors (Lipinski definition) is 3. The van der Waals surface area contributed by atoms with Crippen LogP contribution in [0.2, 0.25) is 0 Å². The molecule has 0 saturated carbocycles. The third kappa shape index (κ3) is 2.28. The molecular formula is C9H14N2OS. The molecule has 72 valence electrons. The van der Waals surface area contributed by atoms with Crippen LogP contribution in [-0.4, -0.2) is 28.3 Å². The molecule has 0 unspecified atom stereocenters. The van der Waals surface area contributed by atoms with Crippen LogP contribution in [0.15, 0.2) is 6.07 Å². The normalized spacial score (nSPS) is 10.5. The minimum Gasteiger partial charge on any atom is -0.338 e. The third-order valence-electron chi connectivity index (χ3n) is 1.94. The molecule has 1 heterocycles. The summed E-state index contributed by atoms with van der Waals surface area (Å²) >= 11 is 1.36. The van der Waals surface area contributed by atoms with Gasteiger partial charge in [-0.05, 0) is 38.4 Å². The number of amides is 1. The van der Waals surface area contributed by atoms with Crippen LogP contribution < -0.4 is 0 Å². The lowest BCUT2D eigenvalue weighted by Crippen LogP contribution is -2.33. The SMILES string of the molecule is Cc1cc(C(=O)N(C)C(C)C)ns1. The summed E-state index contributed by atoms with van der Waals surface area (Å²) in [6, 6.07) is 2.04. The Labute approximate surface area is 82.5 Å². The molecule has 13 heavy (non-hydrogen) atoms. The molecule has 1 rings (SSSR count). The molecule has 0 spiro atoms. The van der Waals surface area contributed by atoms with E-state index in [1.165, 1.54) is 11.5 Å². The van der Waals surface area contributed by atoms with Gasteiger partial charge < -0.3 is 4.90 Å². The summed E-state index contributed by atoms with van der Waals surface area (Å²) in [7, 11) is 1.79. The van der Waals surface area contributed by atoms with E-state index in [0.717, 1.165) is 4.88 Å². The molecule has 0 fully saturated rings. The number of aromatic nitrogens is 1. The van der Waals surface area contributed by atoms with Crippen LogP contribution in [0, 0.1) is 6.92 Å². The van der Waals surface area contributed by atoms with E-state index >= 15 is 0 Å². The first kappa shape index (κ1) is 10.2. The van der Waals surface area contributed by atoms with Gasteiger partial charge in [0.05, 0.1) is 0 Å². The van der Waals surface area contributed by atoms with E-state index in [-0.39, 0.29) is 11.9 Å². The molecular weight excluding hydrogens is 184 g/mol. The van der Waals surface area contributed by atoms with Gasteiger partial charge in [0.2, 0.25) is 0 Å². The monoisotopic (exact) mass is 198 g/mol. The number of aryl methyl sites for hydroxylation is 1. The molecule has 0 aliphatic rings. The summed E-state index contributed by atoms with van der Waals surface area (Å²) in [6.07, 6.45) is 0. The summed E-state index contributed by atoms with van der Waals surface area (Å²) < 4.78 is 4.07. The molecule has 0 bridgehead atoms. The van der Waals surface area contributed by atoms with E-state index in [2.05, 4.69) is 4.37 Å². The van der Waals surface area contributed by atoms with Gasteiger partial charge >= 0.3 is 0 Å². The van der Waals surface area contributed by atoms with E-state index in [4.69, 9.17) is 0 Å². The molecule has 1 aromatic rings. The van der Waals surface area contributed by atoms with Gasteiger partial charge in [-0.25, -0.2) is 0 Å². The topological polar surface area (TPSA) is 33.2 Å². The van der Waals surface area contributed by atoms with Crippen molar-refractivity contribution in [2.24, 2.45) is 0 Å². The van der Waals surface area contributed by atoms with Gasteiger partial charge in [0.15, 0.2) is 0 Å². The molecule has 0 atom stereocenters. The van der Waals surface area contributed by atoms with Crippen molar-refractivity contribution in [2.75, 3.05) is 7.05 Å². The number of carbonyl (C=O) groups is 1. The highest BCUT2D eigenvalue weighted by molar-refractivity contribution is 7.05. The Bertz CT molecular complexity index is 306. The van der Waals surface area contributed by atoms with Gasteiger partial charge in [-0.2, -0.15) is 4.37 Å². The minimum atomic E-state index is -0.000602. The van der Waals surface area contributed by atoms with Gasteiger partial charge in [0.25, 0.3) is 5.91 Å². The van der Waals surface area contributed by atoms with Crippen LogP contribution in [0.4, 0.5) is 0 Å². The molecule has 0 N–H and O–H groups in total. The van der Waals surface area contributed by atoms with Crippen molar-refractivity contribution in [3.63, 3.8) is 0 Å². The lowest BCUT2D eigenvalue weighted by molar-refractivity contribution is 0.0750. The second kappa shape index (κ2) is 3.87. The Balaban J connectivity index is 2.79. The van der Waals surface area contributed by atoms with Crippen LogP contribution in [-0.2, 0) is 0 Å². The fourth-order valence-corrected chi connectivity index (χ4v) is 1.42. The second-order valence-electron chi connectivity index (χ2n) is 3.33. The van der Waals surface area contributed by atoms with Crippen molar-refractivity contribution in [3.05, 3.63) is 16.6 Å². The maximum absolute atomic E-state index is 11.7. The Morgan fingerprint density at radius 2 is 2.23 bits per heavy atom. The van der Waals surface area contributed by atoms with Crippen LogP contribution in [0.1, 0.15) is 29.2 Å². The minimum absolute atomic E-state index is 0.000602. The summed E-state index contributed by atoms with van der Waals surface area (Å²) in [5.41, 5.74) is 0.554. The largest absolute Gasteiger partial charge is 0.338 e. The Hall–Kier alpha value is -0.900. The van der Waals surface area contributed by atoms with Crippen molar-refractivity contribution in [1.29, 1.82) is 0 Å². The Kier molecular flexibility index (Phi) is 3.03. The predicted octanol–water partition coefficient (Wildman–Crippen LogP) is 1.93. The fourth-order valence-electron chi connectivity index (χ4n) is 0.882. The zero-order valence-electron chi connectivity index (χ0n) is 8.37. The molecule has 0 aliphatic carbocycles. The van der Waals surface area contributed by atoms with Gasteiger partial charge in [-0.1, -0.05) is 0 Å². The van der Waals surface area contributed by atoms with Crippen molar-refractivity contribution in [2.45, 2.75) is 26.8 Å². The summed E-state index contributed by atoms with van der Waals surface area (Å²) in [5.74, 6) is -0.000602. The third-order valence-corrected chi connectivity index (χ3v) is 2.64. The van der Waals surface area contributed by atoms with E-state index in [9.17, 15) is 4.79 Å². The van der Waals surface area contributed by atoms with Gasteiger partial charge in [-0.3, -0.25) is 4.79 Å². The van der Waals surface area contributed by atoms with Gasteiger partial charge in [0.1, 0.15) is 5.69 Å². The highest BCUT2D eigenvalue weighted by atomic mass is 32.1. The Morgan fingerprint density at radius 3 is 2.62 bits per heavy atom. The quantitative estimate of drug-likeness (QED) is 0.727. The van der Waals surface area contributed by atoms with Crippen LogP contribution in [0.25, 0.3) is 0 Å². The Morgan fingerprint density at radius 1 is 1.62 bits per heavy atom. The number of rotatable bonds is 2. The van der Waals surface area contributed by atoms with E-state index in [0.29, 0.717) is 5.69 Å². The number of hydrogen-bond donors (Lipinski definition) is 0. The smallest absolute Gasteiger partial charge is 0.273 e. The maximum atomic E-state index is 11.7. The van der Waals surface area contributed by atoms with Gasteiger partial charge in [0, 0.05) is 18.0 Å². The van der Waals surface area contributed by atoms with E-state index < -0.39 is 0 Å². The first-order chi connectivity index (χ1) is 6.02. The molecule has 0 aromatic carbocycles. The zero-order valence-corrected chi connectivity index (χ0v) is 9.18. The molecule has 0 saturated heterocycles. The molecule has 1 aromatic heterocycles. The highest BCUT2D eigenvalue weighted by Crippen LogP contribution is 2.10. The molecule has 0 radical (unpaired) electrons. The summed E-state index contributed by atoms with van der Waals surface area (Å²) in [4.78, 5) is 14.4.